The van der Waals surface area contributed by atoms with Crippen LogP contribution < -0.4 is 5.73 Å². The Bertz CT molecular complexity index is 550. The standard InChI is InChI=1S/C16H21ClN2O3/c1-11-6-7-12(16(18)21)8-19(11)15(20)10-22-9-13-4-2-3-5-14(13)17/h2-5,11-12H,6-10H2,1H3,(H2,18,21)/t11-,12-/m0/s1. The number of hydrogen-bond acceptors (Lipinski definition) is 3. The molecule has 1 heterocycles. The summed E-state index contributed by atoms with van der Waals surface area (Å²) in [5.74, 6) is -0.726. The maximum atomic E-state index is 12.3. The van der Waals surface area contributed by atoms with E-state index in [1.807, 2.05) is 25.1 Å². The average molecular weight is 325 g/mol. The van der Waals surface area contributed by atoms with Crippen LogP contribution in [0.4, 0.5) is 0 Å². The molecule has 1 fully saturated rings. The van der Waals surface area contributed by atoms with Crippen molar-refractivity contribution in [1.29, 1.82) is 0 Å². The normalized spacial score (nSPS) is 21.6. The fourth-order valence-corrected chi connectivity index (χ4v) is 2.82. The SMILES string of the molecule is C[C@H]1CC[C@H](C(N)=O)CN1C(=O)COCc1ccccc1Cl. The lowest BCUT2D eigenvalue weighted by Gasteiger charge is -2.36. The van der Waals surface area contributed by atoms with E-state index in [1.54, 1.807) is 11.0 Å². The van der Waals surface area contributed by atoms with Gasteiger partial charge in [-0.15, -0.1) is 0 Å². The van der Waals surface area contributed by atoms with Crippen LogP contribution in [0.15, 0.2) is 24.3 Å². The van der Waals surface area contributed by atoms with E-state index in [4.69, 9.17) is 22.1 Å². The monoisotopic (exact) mass is 324 g/mol. The molecule has 2 atom stereocenters. The van der Waals surface area contributed by atoms with Crippen LogP contribution in [-0.4, -0.2) is 35.9 Å². The molecular weight excluding hydrogens is 304 g/mol. The molecule has 0 bridgehead atoms. The second kappa shape index (κ2) is 7.61. The van der Waals surface area contributed by atoms with Crippen LogP contribution in [0.25, 0.3) is 0 Å². The minimum Gasteiger partial charge on any atom is -0.369 e. The van der Waals surface area contributed by atoms with Crippen molar-refractivity contribution in [2.24, 2.45) is 11.7 Å². The van der Waals surface area contributed by atoms with Gasteiger partial charge in [-0.25, -0.2) is 0 Å². The zero-order valence-corrected chi connectivity index (χ0v) is 13.4. The summed E-state index contributed by atoms with van der Waals surface area (Å²) in [7, 11) is 0. The number of hydrogen-bond donors (Lipinski definition) is 1. The molecule has 0 radical (unpaired) electrons. The van der Waals surface area contributed by atoms with Crippen LogP contribution in [0.5, 0.6) is 0 Å². The predicted molar refractivity (Wildman–Crippen MR) is 84.2 cm³/mol. The van der Waals surface area contributed by atoms with Crippen molar-refractivity contribution in [3.63, 3.8) is 0 Å². The highest BCUT2D eigenvalue weighted by Crippen LogP contribution is 2.22. The first kappa shape index (κ1) is 16.8. The summed E-state index contributed by atoms with van der Waals surface area (Å²) in [6.45, 7) is 2.61. The number of carbonyl (C=O) groups is 2. The minimum atomic E-state index is -0.346. The van der Waals surface area contributed by atoms with E-state index in [0.717, 1.165) is 18.4 Å². The molecule has 1 aromatic carbocycles. The number of carbonyl (C=O) groups excluding carboxylic acids is 2. The van der Waals surface area contributed by atoms with Crippen LogP contribution in [0.2, 0.25) is 5.02 Å². The number of benzene rings is 1. The first-order chi connectivity index (χ1) is 10.5. The molecule has 0 aromatic heterocycles. The number of halogens is 1. The van der Waals surface area contributed by atoms with Gasteiger partial charge >= 0.3 is 0 Å². The summed E-state index contributed by atoms with van der Waals surface area (Å²) in [6.07, 6.45) is 1.52. The van der Waals surface area contributed by atoms with Crippen LogP contribution in [0, 0.1) is 5.92 Å². The van der Waals surface area contributed by atoms with E-state index in [1.165, 1.54) is 0 Å². The van der Waals surface area contributed by atoms with Gasteiger partial charge in [0, 0.05) is 17.6 Å². The molecule has 22 heavy (non-hydrogen) atoms. The Morgan fingerprint density at radius 3 is 2.77 bits per heavy atom. The molecule has 2 amide bonds. The number of primary amides is 1. The number of nitrogens with zero attached hydrogens (tertiary/aromatic N) is 1. The fraction of sp³-hybridized carbons (Fsp3) is 0.500. The van der Waals surface area contributed by atoms with Crippen LogP contribution in [0.1, 0.15) is 25.3 Å². The van der Waals surface area contributed by atoms with Gasteiger partial charge in [0.1, 0.15) is 6.61 Å². The van der Waals surface area contributed by atoms with E-state index in [0.29, 0.717) is 11.6 Å². The van der Waals surface area contributed by atoms with Gasteiger partial charge in [0.25, 0.3) is 0 Å². The Balaban J connectivity index is 1.86. The van der Waals surface area contributed by atoms with E-state index < -0.39 is 0 Å². The summed E-state index contributed by atoms with van der Waals surface area (Å²) < 4.78 is 5.47. The largest absolute Gasteiger partial charge is 0.369 e. The van der Waals surface area contributed by atoms with Gasteiger partial charge in [-0.2, -0.15) is 0 Å². The first-order valence-corrected chi connectivity index (χ1v) is 7.76. The van der Waals surface area contributed by atoms with E-state index in [2.05, 4.69) is 0 Å². The smallest absolute Gasteiger partial charge is 0.248 e. The van der Waals surface area contributed by atoms with Gasteiger partial charge in [-0.1, -0.05) is 29.8 Å². The van der Waals surface area contributed by atoms with Gasteiger partial charge in [0.15, 0.2) is 0 Å². The van der Waals surface area contributed by atoms with Gasteiger partial charge < -0.3 is 15.4 Å². The lowest BCUT2D eigenvalue weighted by molar-refractivity contribution is -0.142. The number of likely N-dealkylation sites (tertiary alicyclic amines) is 1. The van der Waals surface area contributed by atoms with E-state index >= 15 is 0 Å². The zero-order chi connectivity index (χ0) is 16.1. The van der Waals surface area contributed by atoms with Gasteiger partial charge in [0.05, 0.1) is 12.5 Å². The average Bonchev–Trinajstić information content (AvgIpc) is 2.49. The minimum absolute atomic E-state index is 0.0267. The number of rotatable bonds is 5. The number of piperidine rings is 1. The molecule has 1 aliphatic rings. The maximum absolute atomic E-state index is 12.3. The fourth-order valence-electron chi connectivity index (χ4n) is 2.63. The molecule has 2 rings (SSSR count). The van der Waals surface area contributed by atoms with Crippen LogP contribution in [-0.2, 0) is 20.9 Å². The van der Waals surface area contributed by atoms with Gasteiger partial charge in [-0.05, 0) is 31.4 Å². The van der Waals surface area contributed by atoms with E-state index in [-0.39, 0.29) is 37.0 Å². The van der Waals surface area contributed by atoms with E-state index in [9.17, 15) is 9.59 Å². The highest BCUT2D eigenvalue weighted by molar-refractivity contribution is 6.31. The molecule has 1 saturated heterocycles. The summed E-state index contributed by atoms with van der Waals surface area (Å²) in [5.41, 5.74) is 6.19. The van der Waals surface area contributed by atoms with Crippen molar-refractivity contribution in [2.75, 3.05) is 13.2 Å². The molecule has 1 aliphatic heterocycles. The van der Waals surface area contributed by atoms with Crippen molar-refractivity contribution in [3.8, 4) is 0 Å². The second-order valence-corrected chi connectivity index (χ2v) is 6.06. The summed E-state index contributed by atoms with van der Waals surface area (Å²) >= 11 is 6.04. The Hall–Kier alpha value is -1.59. The molecule has 1 aromatic rings. The van der Waals surface area contributed by atoms with Gasteiger partial charge in [-0.3, -0.25) is 9.59 Å². The van der Waals surface area contributed by atoms with Crippen molar-refractivity contribution in [1.82, 2.24) is 4.90 Å². The third kappa shape index (κ3) is 4.21. The first-order valence-electron chi connectivity index (χ1n) is 7.39. The van der Waals surface area contributed by atoms with Gasteiger partial charge in [0.2, 0.25) is 11.8 Å². The topological polar surface area (TPSA) is 72.6 Å². The predicted octanol–water partition coefficient (Wildman–Crippen LogP) is 1.97. The van der Waals surface area contributed by atoms with Crippen molar-refractivity contribution in [3.05, 3.63) is 34.9 Å². The molecule has 0 unspecified atom stereocenters. The third-order valence-corrected chi connectivity index (χ3v) is 4.41. The lowest BCUT2D eigenvalue weighted by Crippen LogP contribution is -2.49. The quantitative estimate of drug-likeness (QED) is 0.900. The highest BCUT2D eigenvalue weighted by atomic mass is 35.5. The summed E-state index contributed by atoms with van der Waals surface area (Å²) in [5, 5.41) is 0.620. The molecule has 0 saturated carbocycles. The van der Waals surface area contributed by atoms with Crippen LogP contribution >= 0.6 is 11.6 Å². The lowest BCUT2D eigenvalue weighted by atomic mass is 9.93. The molecule has 2 N–H and O–H groups in total. The molecule has 5 nitrogen and oxygen atoms in total. The Labute approximate surface area is 135 Å². The molecule has 120 valence electrons. The summed E-state index contributed by atoms with van der Waals surface area (Å²) in [4.78, 5) is 25.3. The Kier molecular flexibility index (Phi) is 5.80. The molecular formula is C16H21ClN2O3. The molecule has 0 spiro atoms. The Morgan fingerprint density at radius 2 is 2.09 bits per heavy atom. The molecule has 0 aliphatic carbocycles. The number of ether oxygens (including phenoxy) is 1. The third-order valence-electron chi connectivity index (χ3n) is 4.05. The zero-order valence-electron chi connectivity index (χ0n) is 12.6. The second-order valence-electron chi connectivity index (χ2n) is 5.66. The highest BCUT2D eigenvalue weighted by Gasteiger charge is 2.31. The molecule has 6 heteroatoms. The van der Waals surface area contributed by atoms with Crippen molar-refractivity contribution in [2.45, 2.75) is 32.4 Å². The number of amides is 2. The van der Waals surface area contributed by atoms with Crippen LogP contribution in [0.3, 0.4) is 0 Å². The maximum Gasteiger partial charge on any atom is 0.248 e. The Morgan fingerprint density at radius 1 is 1.36 bits per heavy atom. The van der Waals surface area contributed by atoms with Crippen molar-refractivity contribution >= 4 is 23.4 Å². The summed E-state index contributed by atoms with van der Waals surface area (Å²) in [6, 6.07) is 7.46. The van der Waals surface area contributed by atoms with Crippen molar-refractivity contribution < 1.29 is 14.3 Å². The number of nitrogens with two attached hydrogens (primary N) is 1.